The van der Waals surface area contributed by atoms with Gasteiger partial charge in [0.15, 0.2) is 5.17 Å². The molecule has 1 aliphatic heterocycles. The fourth-order valence-corrected chi connectivity index (χ4v) is 2.78. The van der Waals surface area contributed by atoms with Crippen LogP contribution in [0.15, 0.2) is 58.7 Å². The zero-order valence-electron chi connectivity index (χ0n) is 11.8. The van der Waals surface area contributed by atoms with Crippen LogP contribution in [0.1, 0.15) is 5.56 Å². The van der Waals surface area contributed by atoms with E-state index in [4.69, 9.17) is 4.74 Å². The second kappa shape index (κ2) is 6.44. The predicted molar refractivity (Wildman–Crippen MR) is 88.0 cm³/mol. The highest BCUT2D eigenvalue weighted by atomic mass is 32.2. The third-order valence-electron chi connectivity index (χ3n) is 2.95. The Labute approximate surface area is 132 Å². The standard InChI is InChI=1S/C16H13N3O2S/c1-21-13-7-3-2-5-11(13)9-14-15(20)19-16(22-14)18-12-6-4-8-17-10-12/h2-10H,1H3,(H,18,19,20). The monoisotopic (exact) mass is 311 g/mol. The van der Waals surface area contributed by atoms with Gasteiger partial charge in [0.2, 0.25) is 0 Å². The number of amidine groups is 1. The van der Waals surface area contributed by atoms with Crippen LogP contribution in [-0.2, 0) is 4.79 Å². The molecule has 1 aromatic heterocycles. The lowest BCUT2D eigenvalue weighted by molar-refractivity contribution is -0.115. The smallest absolute Gasteiger partial charge is 0.264 e. The summed E-state index contributed by atoms with van der Waals surface area (Å²) in [5.74, 6) is 0.555. The van der Waals surface area contributed by atoms with Crippen LogP contribution in [0.25, 0.3) is 6.08 Å². The first-order valence-corrected chi connectivity index (χ1v) is 7.40. The minimum absolute atomic E-state index is 0.168. The van der Waals surface area contributed by atoms with Crippen LogP contribution in [-0.4, -0.2) is 23.2 Å². The van der Waals surface area contributed by atoms with Crippen molar-refractivity contribution >= 4 is 34.6 Å². The maximum Gasteiger partial charge on any atom is 0.264 e. The highest BCUT2D eigenvalue weighted by molar-refractivity contribution is 8.18. The van der Waals surface area contributed by atoms with Gasteiger partial charge in [0.05, 0.1) is 23.9 Å². The topological polar surface area (TPSA) is 63.6 Å². The Hall–Kier alpha value is -2.60. The number of ether oxygens (including phenoxy) is 1. The first-order chi connectivity index (χ1) is 10.8. The first kappa shape index (κ1) is 14.3. The SMILES string of the molecule is COc1ccccc1C=C1SC(=Nc2cccnc2)NC1=O. The second-order valence-electron chi connectivity index (χ2n) is 4.43. The van der Waals surface area contributed by atoms with Crippen molar-refractivity contribution in [1.82, 2.24) is 10.3 Å². The van der Waals surface area contributed by atoms with E-state index >= 15 is 0 Å². The van der Waals surface area contributed by atoms with Crippen LogP contribution in [0, 0.1) is 0 Å². The highest BCUT2D eigenvalue weighted by Gasteiger charge is 2.24. The third kappa shape index (κ3) is 3.17. The number of rotatable bonds is 3. The molecule has 5 nitrogen and oxygen atoms in total. The number of methoxy groups -OCH3 is 1. The van der Waals surface area contributed by atoms with Crippen molar-refractivity contribution in [2.75, 3.05) is 7.11 Å². The highest BCUT2D eigenvalue weighted by Crippen LogP contribution is 2.30. The molecular formula is C16H13N3O2S. The van der Waals surface area contributed by atoms with Crippen LogP contribution in [0.4, 0.5) is 5.69 Å². The minimum atomic E-state index is -0.168. The van der Waals surface area contributed by atoms with E-state index in [-0.39, 0.29) is 5.91 Å². The molecule has 0 bridgehead atoms. The maximum atomic E-state index is 12.0. The van der Waals surface area contributed by atoms with Gasteiger partial charge in [-0.15, -0.1) is 0 Å². The molecule has 6 heteroatoms. The Morgan fingerprint density at radius 3 is 2.91 bits per heavy atom. The Bertz CT molecular complexity index is 757. The molecule has 110 valence electrons. The quantitative estimate of drug-likeness (QED) is 0.885. The molecule has 0 spiro atoms. The fourth-order valence-electron chi connectivity index (χ4n) is 1.94. The van der Waals surface area contributed by atoms with E-state index in [9.17, 15) is 4.79 Å². The molecule has 1 N–H and O–H groups in total. The minimum Gasteiger partial charge on any atom is -0.496 e. The van der Waals surface area contributed by atoms with Crippen LogP contribution < -0.4 is 10.1 Å². The molecule has 0 unspecified atom stereocenters. The fraction of sp³-hybridized carbons (Fsp3) is 0.0625. The third-order valence-corrected chi connectivity index (χ3v) is 3.86. The number of nitrogens with one attached hydrogen (secondary N) is 1. The number of carbonyl (C=O) groups is 1. The van der Waals surface area contributed by atoms with E-state index < -0.39 is 0 Å². The van der Waals surface area contributed by atoms with Gasteiger partial charge in [-0.2, -0.15) is 0 Å². The van der Waals surface area contributed by atoms with Gasteiger partial charge in [-0.1, -0.05) is 18.2 Å². The molecule has 1 saturated heterocycles. The number of thioether (sulfide) groups is 1. The zero-order chi connectivity index (χ0) is 15.4. The molecule has 0 saturated carbocycles. The summed E-state index contributed by atoms with van der Waals surface area (Å²) in [5, 5.41) is 3.29. The Balaban J connectivity index is 1.86. The number of aliphatic imine (C=N–C) groups is 1. The molecule has 3 rings (SSSR count). The largest absolute Gasteiger partial charge is 0.496 e. The van der Waals surface area contributed by atoms with Crippen LogP contribution in [0.2, 0.25) is 0 Å². The van der Waals surface area contributed by atoms with Crippen molar-refractivity contribution in [2.24, 2.45) is 4.99 Å². The number of hydrogen-bond acceptors (Lipinski definition) is 5. The molecule has 1 amide bonds. The van der Waals surface area contributed by atoms with Crippen LogP contribution >= 0.6 is 11.8 Å². The predicted octanol–water partition coefficient (Wildman–Crippen LogP) is 2.98. The van der Waals surface area contributed by atoms with Gasteiger partial charge in [0.1, 0.15) is 5.75 Å². The summed E-state index contributed by atoms with van der Waals surface area (Å²) in [5.41, 5.74) is 1.55. The summed E-state index contributed by atoms with van der Waals surface area (Å²) in [4.78, 5) is 21.0. The summed E-state index contributed by atoms with van der Waals surface area (Å²) in [6.45, 7) is 0. The van der Waals surface area contributed by atoms with Gasteiger partial charge < -0.3 is 10.1 Å². The summed E-state index contributed by atoms with van der Waals surface area (Å²) in [7, 11) is 1.61. The van der Waals surface area contributed by atoms with E-state index in [0.29, 0.717) is 15.8 Å². The number of pyridine rings is 1. The van der Waals surface area contributed by atoms with Gasteiger partial charge in [-0.05, 0) is 36.0 Å². The van der Waals surface area contributed by atoms with Crippen molar-refractivity contribution < 1.29 is 9.53 Å². The molecule has 0 atom stereocenters. The summed E-state index contributed by atoms with van der Waals surface area (Å²) >= 11 is 1.29. The second-order valence-corrected chi connectivity index (χ2v) is 5.47. The lowest BCUT2D eigenvalue weighted by atomic mass is 10.2. The van der Waals surface area contributed by atoms with Crippen molar-refractivity contribution in [3.05, 3.63) is 59.3 Å². The van der Waals surface area contributed by atoms with E-state index in [1.807, 2.05) is 30.3 Å². The number of carbonyl (C=O) groups excluding carboxylic acids is 1. The number of hydrogen-bond donors (Lipinski definition) is 1. The van der Waals surface area contributed by atoms with Crippen LogP contribution in [0.5, 0.6) is 5.75 Å². The zero-order valence-corrected chi connectivity index (χ0v) is 12.6. The van der Waals surface area contributed by atoms with Crippen molar-refractivity contribution in [3.8, 4) is 5.75 Å². The molecule has 0 aliphatic carbocycles. The van der Waals surface area contributed by atoms with Gasteiger partial charge in [-0.3, -0.25) is 9.78 Å². The molecule has 2 aromatic rings. The number of nitrogens with zero attached hydrogens (tertiary/aromatic N) is 2. The number of benzene rings is 1. The van der Waals surface area contributed by atoms with Crippen molar-refractivity contribution in [1.29, 1.82) is 0 Å². The average molecular weight is 311 g/mol. The molecule has 1 aliphatic rings. The first-order valence-electron chi connectivity index (χ1n) is 6.59. The van der Waals surface area contributed by atoms with Crippen molar-refractivity contribution in [2.45, 2.75) is 0 Å². The van der Waals surface area contributed by atoms with E-state index in [1.165, 1.54) is 11.8 Å². The lowest BCUT2D eigenvalue weighted by Crippen LogP contribution is -2.19. The molecule has 1 fully saturated rings. The maximum absolute atomic E-state index is 12.0. The van der Waals surface area contributed by atoms with Gasteiger partial charge in [0.25, 0.3) is 5.91 Å². The average Bonchev–Trinajstić information content (AvgIpc) is 2.88. The molecule has 22 heavy (non-hydrogen) atoms. The number of amides is 1. The molecule has 0 radical (unpaired) electrons. The van der Waals surface area contributed by atoms with Crippen molar-refractivity contribution in [3.63, 3.8) is 0 Å². The van der Waals surface area contributed by atoms with E-state index in [0.717, 1.165) is 11.3 Å². The molecular weight excluding hydrogens is 298 g/mol. The summed E-state index contributed by atoms with van der Waals surface area (Å²) in [6, 6.07) is 11.2. The van der Waals surface area contributed by atoms with Crippen LogP contribution in [0.3, 0.4) is 0 Å². The van der Waals surface area contributed by atoms with Gasteiger partial charge >= 0.3 is 0 Å². The normalized spacial score (nSPS) is 17.8. The Morgan fingerprint density at radius 2 is 2.14 bits per heavy atom. The van der Waals surface area contributed by atoms with Gasteiger partial charge in [-0.25, -0.2) is 4.99 Å². The summed E-state index contributed by atoms with van der Waals surface area (Å²) < 4.78 is 5.29. The van der Waals surface area contributed by atoms with Gasteiger partial charge in [0, 0.05) is 11.8 Å². The molecule has 1 aromatic carbocycles. The van der Waals surface area contributed by atoms with E-state index in [2.05, 4.69) is 15.3 Å². The van der Waals surface area contributed by atoms with E-state index in [1.54, 1.807) is 31.6 Å². The lowest BCUT2D eigenvalue weighted by Gasteiger charge is -2.03. The number of para-hydroxylation sites is 1. The Morgan fingerprint density at radius 1 is 1.27 bits per heavy atom. The summed E-state index contributed by atoms with van der Waals surface area (Å²) in [6.07, 6.45) is 5.11. The number of aromatic nitrogens is 1. The molecule has 2 heterocycles. The Kier molecular flexibility index (Phi) is 4.20.